The third kappa shape index (κ3) is 4.60. The summed E-state index contributed by atoms with van der Waals surface area (Å²) in [4.78, 5) is 29.7. The fourth-order valence-corrected chi connectivity index (χ4v) is 4.41. The van der Waals surface area contributed by atoms with Crippen molar-refractivity contribution in [1.82, 2.24) is 15.2 Å². The molecule has 2 aliphatic rings. The van der Waals surface area contributed by atoms with Crippen LogP contribution in [0.3, 0.4) is 0 Å². The van der Waals surface area contributed by atoms with Gasteiger partial charge >= 0.3 is 6.03 Å². The third-order valence-electron chi connectivity index (χ3n) is 6.06. The van der Waals surface area contributed by atoms with Crippen LogP contribution in [0.2, 0.25) is 0 Å². The van der Waals surface area contributed by atoms with E-state index in [4.69, 9.17) is 10.5 Å². The Morgan fingerprint density at radius 2 is 1.97 bits per heavy atom. The molecule has 1 aliphatic heterocycles. The Morgan fingerprint density at radius 3 is 2.76 bits per heavy atom. The Labute approximate surface area is 170 Å². The molecule has 2 fully saturated rings. The molecule has 1 aromatic carbocycles. The first-order valence-corrected chi connectivity index (χ1v) is 10.4. The molecule has 1 saturated carbocycles. The molecule has 1 aromatic heterocycles. The minimum absolute atomic E-state index is 0.0434. The fraction of sp³-hybridized carbons (Fsp3) is 0.500. The lowest BCUT2D eigenvalue weighted by Gasteiger charge is -2.33. The van der Waals surface area contributed by atoms with Crippen LogP contribution in [0.25, 0.3) is 10.8 Å². The summed E-state index contributed by atoms with van der Waals surface area (Å²) in [6, 6.07) is 7.74. The standard InChI is InChI=1S/C22H28N4O3/c23-22(28)26-12-2-4-16(14-26)21(27)25-17-6-8-18(9-7-17)29-20-5-1-3-15-13-24-11-10-19(15)20/h1,3,5,10-11,13,16-18H,2,4,6-9,12,14H2,(H2,23,28)(H,25,27). The molecule has 0 radical (unpaired) electrons. The summed E-state index contributed by atoms with van der Waals surface area (Å²) in [5.74, 6) is 0.780. The Balaban J connectivity index is 1.28. The van der Waals surface area contributed by atoms with Gasteiger partial charge < -0.3 is 20.7 Å². The predicted octanol–water partition coefficient (Wildman–Crippen LogP) is 2.83. The molecule has 1 unspecified atom stereocenters. The number of hydrogen-bond acceptors (Lipinski definition) is 4. The Morgan fingerprint density at radius 1 is 1.14 bits per heavy atom. The second-order valence-corrected chi connectivity index (χ2v) is 8.08. The number of carbonyl (C=O) groups is 2. The second kappa shape index (κ2) is 8.68. The highest BCUT2D eigenvalue weighted by atomic mass is 16.5. The van der Waals surface area contributed by atoms with E-state index in [1.807, 2.05) is 30.5 Å². The minimum Gasteiger partial charge on any atom is -0.490 e. The Kier molecular flexibility index (Phi) is 5.83. The lowest BCUT2D eigenvalue weighted by atomic mass is 9.91. The van der Waals surface area contributed by atoms with Crippen molar-refractivity contribution in [1.29, 1.82) is 0 Å². The van der Waals surface area contributed by atoms with Gasteiger partial charge in [0.2, 0.25) is 5.91 Å². The second-order valence-electron chi connectivity index (χ2n) is 8.08. The van der Waals surface area contributed by atoms with E-state index in [1.54, 1.807) is 11.1 Å². The van der Waals surface area contributed by atoms with Gasteiger partial charge in [-0.3, -0.25) is 9.78 Å². The molecule has 1 saturated heterocycles. The first-order chi connectivity index (χ1) is 14.1. The molecule has 1 aliphatic carbocycles. The number of piperidine rings is 1. The molecule has 7 heteroatoms. The number of urea groups is 1. The number of nitrogens with two attached hydrogens (primary N) is 1. The van der Waals surface area contributed by atoms with Crippen molar-refractivity contribution in [2.45, 2.75) is 50.7 Å². The molecule has 1 atom stereocenters. The van der Waals surface area contributed by atoms with Crippen molar-refractivity contribution in [3.05, 3.63) is 36.7 Å². The number of amides is 3. The monoisotopic (exact) mass is 396 g/mol. The topological polar surface area (TPSA) is 97.6 Å². The highest BCUT2D eigenvalue weighted by Gasteiger charge is 2.30. The number of likely N-dealkylation sites (tertiary alicyclic amines) is 1. The number of fused-ring (bicyclic) bond motifs is 1. The molecule has 2 heterocycles. The van der Waals surface area contributed by atoms with Crippen molar-refractivity contribution in [2.24, 2.45) is 11.7 Å². The van der Waals surface area contributed by atoms with Crippen LogP contribution in [0.5, 0.6) is 5.75 Å². The Hall–Kier alpha value is -2.83. The molecular weight excluding hydrogens is 368 g/mol. The average Bonchev–Trinajstić information content (AvgIpc) is 2.75. The quantitative estimate of drug-likeness (QED) is 0.830. The van der Waals surface area contributed by atoms with Gasteiger partial charge in [-0.1, -0.05) is 12.1 Å². The van der Waals surface area contributed by atoms with Crippen LogP contribution in [0, 0.1) is 5.92 Å². The van der Waals surface area contributed by atoms with Gasteiger partial charge in [-0.15, -0.1) is 0 Å². The van der Waals surface area contributed by atoms with Gasteiger partial charge in [-0.2, -0.15) is 0 Å². The maximum atomic E-state index is 12.6. The third-order valence-corrected chi connectivity index (χ3v) is 6.06. The fourth-order valence-electron chi connectivity index (χ4n) is 4.41. The number of primary amides is 1. The summed E-state index contributed by atoms with van der Waals surface area (Å²) in [6.07, 6.45) is 9.03. The molecule has 0 bridgehead atoms. The lowest BCUT2D eigenvalue weighted by Crippen LogP contribution is -2.49. The molecule has 154 valence electrons. The zero-order valence-electron chi connectivity index (χ0n) is 16.5. The number of ether oxygens (including phenoxy) is 1. The summed E-state index contributed by atoms with van der Waals surface area (Å²) in [7, 11) is 0. The van der Waals surface area contributed by atoms with E-state index in [0.29, 0.717) is 13.1 Å². The maximum absolute atomic E-state index is 12.6. The summed E-state index contributed by atoms with van der Waals surface area (Å²) in [5.41, 5.74) is 5.36. The van der Waals surface area contributed by atoms with Crippen LogP contribution in [-0.4, -0.2) is 47.1 Å². The van der Waals surface area contributed by atoms with Crippen molar-refractivity contribution < 1.29 is 14.3 Å². The normalized spacial score (nSPS) is 24.8. The zero-order valence-corrected chi connectivity index (χ0v) is 16.5. The number of benzene rings is 1. The van der Waals surface area contributed by atoms with Crippen LogP contribution in [0.1, 0.15) is 38.5 Å². The highest BCUT2D eigenvalue weighted by molar-refractivity contribution is 5.87. The summed E-state index contributed by atoms with van der Waals surface area (Å²) in [6.45, 7) is 1.07. The molecule has 4 rings (SSSR count). The molecular formula is C22H28N4O3. The van der Waals surface area contributed by atoms with Crippen LogP contribution >= 0.6 is 0 Å². The van der Waals surface area contributed by atoms with Gasteiger partial charge in [0.15, 0.2) is 0 Å². The van der Waals surface area contributed by atoms with Crippen molar-refractivity contribution >= 4 is 22.7 Å². The number of rotatable bonds is 4. The van der Waals surface area contributed by atoms with E-state index in [2.05, 4.69) is 10.3 Å². The largest absolute Gasteiger partial charge is 0.490 e. The van der Waals surface area contributed by atoms with Gasteiger partial charge in [0, 0.05) is 42.3 Å². The highest BCUT2D eigenvalue weighted by Crippen LogP contribution is 2.29. The number of nitrogens with one attached hydrogen (secondary N) is 1. The molecule has 3 N–H and O–H groups in total. The van der Waals surface area contributed by atoms with Crippen molar-refractivity contribution in [3.63, 3.8) is 0 Å². The number of hydrogen-bond donors (Lipinski definition) is 2. The molecule has 3 amide bonds. The number of carbonyl (C=O) groups excluding carboxylic acids is 2. The van der Waals surface area contributed by atoms with E-state index < -0.39 is 6.03 Å². The van der Waals surface area contributed by atoms with E-state index in [9.17, 15) is 9.59 Å². The van der Waals surface area contributed by atoms with E-state index >= 15 is 0 Å². The molecule has 29 heavy (non-hydrogen) atoms. The zero-order chi connectivity index (χ0) is 20.2. The van der Waals surface area contributed by atoms with E-state index in [-0.39, 0.29) is 24.0 Å². The predicted molar refractivity (Wildman–Crippen MR) is 110 cm³/mol. The van der Waals surface area contributed by atoms with E-state index in [1.165, 1.54) is 0 Å². The molecule has 2 aromatic rings. The number of pyridine rings is 1. The van der Waals surface area contributed by atoms with Crippen molar-refractivity contribution in [2.75, 3.05) is 13.1 Å². The molecule has 0 spiro atoms. The smallest absolute Gasteiger partial charge is 0.314 e. The molecule has 7 nitrogen and oxygen atoms in total. The SMILES string of the molecule is NC(=O)N1CCCC(C(=O)NC2CCC(Oc3cccc4cnccc34)CC2)C1. The van der Waals surface area contributed by atoms with Crippen LogP contribution in [-0.2, 0) is 4.79 Å². The summed E-state index contributed by atoms with van der Waals surface area (Å²) >= 11 is 0. The van der Waals surface area contributed by atoms with Gasteiger partial charge in [-0.05, 0) is 50.7 Å². The van der Waals surface area contributed by atoms with Crippen molar-refractivity contribution in [3.8, 4) is 5.75 Å². The number of nitrogens with zero attached hydrogens (tertiary/aromatic N) is 2. The van der Waals surface area contributed by atoms with Crippen LogP contribution < -0.4 is 15.8 Å². The first kappa shape index (κ1) is 19.5. The van der Waals surface area contributed by atoms with Crippen LogP contribution in [0.4, 0.5) is 4.79 Å². The van der Waals surface area contributed by atoms with Crippen LogP contribution in [0.15, 0.2) is 36.7 Å². The Bertz CT molecular complexity index is 874. The van der Waals surface area contributed by atoms with Gasteiger partial charge in [0.05, 0.1) is 12.0 Å². The van der Waals surface area contributed by atoms with E-state index in [0.717, 1.165) is 55.0 Å². The van der Waals surface area contributed by atoms with Gasteiger partial charge in [0.25, 0.3) is 0 Å². The summed E-state index contributed by atoms with van der Waals surface area (Å²) in [5, 5.41) is 5.33. The maximum Gasteiger partial charge on any atom is 0.314 e. The minimum atomic E-state index is -0.440. The lowest BCUT2D eigenvalue weighted by molar-refractivity contribution is -0.127. The number of aromatic nitrogens is 1. The van der Waals surface area contributed by atoms with Gasteiger partial charge in [-0.25, -0.2) is 4.79 Å². The van der Waals surface area contributed by atoms with Gasteiger partial charge in [0.1, 0.15) is 5.75 Å². The summed E-state index contributed by atoms with van der Waals surface area (Å²) < 4.78 is 6.28. The average molecular weight is 396 g/mol. The first-order valence-electron chi connectivity index (χ1n) is 10.4.